The molecule has 1 amide bonds. The van der Waals surface area contributed by atoms with Gasteiger partial charge in [-0.1, -0.05) is 31.1 Å². The Hall–Kier alpha value is -2.34. The van der Waals surface area contributed by atoms with Crippen LogP contribution in [0.1, 0.15) is 36.0 Å². The number of aromatic nitrogens is 1. The molecule has 1 saturated heterocycles. The van der Waals surface area contributed by atoms with Crippen LogP contribution in [0.5, 0.6) is 0 Å². The van der Waals surface area contributed by atoms with Crippen molar-refractivity contribution in [2.24, 2.45) is 0 Å². The summed E-state index contributed by atoms with van der Waals surface area (Å²) in [6, 6.07) is 9.46. The normalized spacial score (nSPS) is 15.0. The van der Waals surface area contributed by atoms with E-state index in [0.717, 1.165) is 24.5 Å². The lowest BCUT2D eigenvalue weighted by atomic mass is 10.1. The van der Waals surface area contributed by atoms with Crippen LogP contribution in [0.2, 0.25) is 0 Å². The molecule has 6 heteroatoms. The molecular formula is C17H21N3O3. The molecule has 0 atom stereocenters. The van der Waals surface area contributed by atoms with Crippen molar-refractivity contribution in [2.75, 3.05) is 36.5 Å². The van der Waals surface area contributed by atoms with Crippen molar-refractivity contribution in [3.8, 4) is 0 Å². The third kappa shape index (κ3) is 3.53. The highest BCUT2D eigenvalue weighted by molar-refractivity contribution is 6.04. The number of benzene rings is 1. The second-order valence-electron chi connectivity index (χ2n) is 5.84. The first-order valence-electron chi connectivity index (χ1n) is 7.85. The highest BCUT2D eigenvalue weighted by atomic mass is 16.5. The molecule has 1 aliphatic heterocycles. The summed E-state index contributed by atoms with van der Waals surface area (Å²) in [5.41, 5.74) is 2.07. The molecule has 0 bridgehead atoms. The first-order valence-corrected chi connectivity index (χ1v) is 7.85. The van der Waals surface area contributed by atoms with E-state index in [1.165, 1.54) is 0 Å². The summed E-state index contributed by atoms with van der Waals surface area (Å²) in [6.07, 6.45) is 0. The molecule has 1 aliphatic rings. The summed E-state index contributed by atoms with van der Waals surface area (Å²) in [7, 11) is 0. The highest BCUT2D eigenvalue weighted by Crippen LogP contribution is 2.27. The van der Waals surface area contributed by atoms with Gasteiger partial charge in [-0.3, -0.25) is 4.79 Å². The molecule has 0 unspecified atom stereocenters. The third-order valence-corrected chi connectivity index (χ3v) is 3.83. The van der Waals surface area contributed by atoms with Crippen LogP contribution in [0.3, 0.4) is 0 Å². The Morgan fingerprint density at radius 1 is 1.26 bits per heavy atom. The Morgan fingerprint density at radius 3 is 2.70 bits per heavy atom. The molecule has 0 radical (unpaired) electrons. The van der Waals surface area contributed by atoms with Crippen LogP contribution < -0.4 is 10.2 Å². The van der Waals surface area contributed by atoms with Gasteiger partial charge in [0.1, 0.15) is 5.76 Å². The zero-order valence-corrected chi connectivity index (χ0v) is 13.4. The largest absolute Gasteiger partial charge is 0.378 e. The fraction of sp³-hybridized carbons (Fsp3) is 0.412. The van der Waals surface area contributed by atoms with Crippen LogP contribution in [-0.2, 0) is 4.74 Å². The predicted molar refractivity (Wildman–Crippen MR) is 88.0 cm³/mol. The Balaban J connectivity index is 1.77. The van der Waals surface area contributed by atoms with Crippen LogP contribution in [0.4, 0.5) is 11.4 Å². The zero-order valence-electron chi connectivity index (χ0n) is 13.4. The van der Waals surface area contributed by atoms with Crippen LogP contribution in [0.15, 0.2) is 34.9 Å². The Kier molecular flexibility index (Phi) is 4.62. The molecule has 6 nitrogen and oxygen atoms in total. The molecule has 122 valence electrons. The summed E-state index contributed by atoms with van der Waals surface area (Å²) in [5, 5.41) is 6.79. The number of anilines is 2. The number of amides is 1. The molecule has 2 heterocycles. The number of hydrogen-bond donors (Lipinski definition) is 1. The van der Waals surface area contributed by atoms with Gasteiger partial charge in [-0.2, -0.15) is 0 Å². The van der Waals surface area contributed by atoms with E-state index in [-0.39, 0.29) is 11.8 Å². The molecule has 1 aromatic heterocycles. The van der Waals surface area contributed by atoms with Crippen molar-refractivity contribution >= 4 is 17.3 Å². The number of nitrogens with zero attached hydrogens (tertiary/aromatic N) is 2. The lowest BCUT2D eigenvalue weighted by Gasteiger charge is -2.30. The fourth-order valence-corrected chi connectivity index (χ4v) is 2.51. The summed E-state index contributed by atoms with van der Waals surface area (Å²) in [4.78, 5) is 14.6. The predicted octanol–water partition coefficient (Wildman–Crippen LogP) is 2.89. The van der Waals surface area contributed by atoms with Gasteiger partial charge in [-0.05, 0) is 12.1 Å². The monoisotopic (exact) mass is 315 g/mol. The molecule has 1 fully saturated rings. The molecule has 0 spiro atoms. The molecule has 23 heavy (non-hydrogen) atoms. The summed E-state index contributed by atoms with van der Waals surface area (Å²) in [6.45, 7) is 7.02. The lowest BCUT2D eigenvalue weighted by Crippen LogP contribution is -2.36. The molecule has 2 aromatic rings. The van der Waals surface area contributed by atoms with Gasteiger partial charge in [0.05, 0.1) is 24.6 Å². The number of carbonyl (C=O) groups excluding carboxylic acids is 1. The van der Waals surface area contributed by atoms with Gasteiger partial charge in [0.2, 0.25) is 0 Å². The Morgan fingerprint density at radius 2 is 2.00 bits per heavy atom. The fourth-order valence-electron chi connectivity index (χ4n) is 2.51. The molecule has 3 rings (SSSR count). The maximum atomic E-state index is 12.4. The summed E-state index contributed by atoms with van der Waals surface area (Å²) >= 11 is 0. The Bertz CT molecular complexity index is 675. The standard InChI is InChI=1S/C17H21N3O3/c1-12(2)16-11-14(19-23-16)17(21)18-13-5-3-4-6-15(13)20-7-9-22-10-8-20/h3-6,11-12H,7-10H2,1-2H3,(H,18,21). The molecule has 1 aromatic carbocycles. The number of morpholine rings is 1. The minimum Gasteiger partial charge on any atom is -0.378 e. The number of ether oxygens (including phenoxy) is 1. The highest BCUT2D eigenvalue weighted by Gasteiger charge is 2.18. The average Bonchev–Trinajstić information content (AvgIpc) is 3.07. The van der Waals surface area contributed by atoms with E-state index in [1.54, 1.807) is 6.07 Å². The van der Waals surface area contributed by atoms with E-state index in [4.69, 9.17) is 9.26 Å². The minimum absolute atomic E-state index is 0.199. The van der Waals surface area contributed by atoms with Crippen molar-refractivity contribution < 1.29 is 14.1 Å². The maximum Gasteiger partial charge on any atom is 0.277 e. The maximum absolute atomic E-state index is 12.4. The number of rotatable bonds is 4. The van der Waals surface area contributed by atoms with Crippen molar-refractivity contribution in [3.05, 3.63) is 41.8 Å². The summed E-state index contributed by atoms with van der Waals surface area (Å²) in [5.74, 6) is 0.641. The second kappa shape index (κ2) is 6.83. The summed E-state index contributed by atoms with van der Waals surface area (Å²) < 4.78 is 10.6. The van der Waals surface area contributed by atoms with Gasteiger partial charge >= 0.3 is 0 Å². The minimum atomic E-state index is -0.263. The Labute approximate surface area is 135 Å². The van der Waals surface area contributed by atoms with Crippen LogP contribution in [0.25, 0.3) is 0 Å². The van der Waals surface area contributed by atoms with Gasteiger partial charge in [-0.25, -0.2) is 0 Å². The second-order valence-corrected chi connectivity index (χ2v) is 5.84. The number of carbonyl (C=O) groups is 1. The third-order valence-electron chi connectivity index (χ3n) is 3.83. The van der Waals surface area contributed by atoms with Crippen LogP contribution >= 0.6 is 0 Å². The van der Waals surface area contributed by atoms with Gasteiger partial charge in [0, 0.05) is 25.1 Å². The number of hydrogen-bond acceptors (Lipinski definition) is 5. The van der Waals surface area contributed by atoms with Crippen LogP contribution in [0, 0.1) is 0 Å². The van der Waals surface area contributed by atoms with Crippen molar-refractivity contribution in [1.29, 1.82) is 0 Å². The first-order chi connectivity index (χ1) is 11.1. The van der Waals surface area contributed by atoms with E-state index < -0.39 is 0 Å². The van der Waals surface area contributed by atoms with Crippen molar-refractivity contribution in [1.82, 2.24) is 5.16 Å². The smallest absolute Gasteiger partial charge is 0.277 e. The zero-order chi connectivity index (χ0) is 16.2. The van der Waals surface area contributed by atoms with Gasteiger partial charge in [-0.15, -0.1) is 0 Å². The van der Waals surface area contributed by atoms with E-state index in [0.29, 0.717) is 24.7 Å². The van der Waals surface area contributed by atoms with Crippen LogP contribution in [-0.4, -0.2) is 37.4 Å². The van der Waals surface area contributed by atoms with E-state index >= 15 is 0 Å². The van der Waals surface area contributed by atoms with Gasteiger partial charge in [0.15, 0.2) is 5.69 Å². The topological polar surface area (TPSA) is 67.6 Å². The lowest BCUT2D eigenvalue weighted by molar-refractivity contribution is 0.101. The molecule has 0 saturated carbocycles. The molecule has 1 N–H and O–H groups in total. The van der Waals surface area contributed by atoms with Crippen molar-refractivity contribution in [3.63, 3.8) is 0 Å². The van der Waals surface area contributed by atoms with E-state index in [9.17, 15) is 4.79 Å². The van der Waals surface area contributed by atoms with Crippen molar-refractivity contribution in [2.45, 2.75) is 19.8 Å². The van der Waals surface area contributed by atoms with E-state index in [2.05, 4.69) is 15.4 Å². The first kappa shape index (κ1) is 15.6. The SMILES string of the molecule is CC(C)c1cc(C(=O)Nc2ccccc2N2CCOCC2)no1. The quantitative estimate of drug-likeness (QED) is 0.939. The van der Waals surface area contributed by atoms with Gasteiger partial charge in [0.25, 0.3) is 5.91 Å². The number of para-hydroxylation sites is 2. The van der Waals surface area contributed by atoms with Gasteiger partial charge < -0.3 is 19.5 Å². The van der Waals surface area contributed by atoms with E-state index in [1.807, 2.05) is 38.1 Å². The average molecular weight is 315 g/mol. The molecule has 0 aliphatic carbocycles. The number of nitrogens with one attached hydrogen (secondary N) is 1. The molecular weight excluding hydrogens is 294 g/mol.